The number of thiazole rings is 1. The number of para-hydroxylation sites is 1. The topological polar surface area (TPSA) is 69.7 Å². The Morgan fingerprint density at radius 1 is 1.11 bits per heavy atom. The second-order valence-corrected chi connectivity index (χ2v) is 6.87. The van der Waals surface area contributed by atoms with E-state index in [2.05, 4.69) is 10.3 Å². The second-order valence-electron chi connectivity index (χ2n) is 6.02. The third-order valence-corrected chi connectivity index (χ3v) is 4.87. The number of hydrogen-bond acceptors (Lipinski definition) is 6. The molecule has 1 N–H and O–H groups in total. The molecule has 146 valence electrons. The smallest absolute Gasteiger partial charge is 0.229 e. The summed E-state index contributed by atoms with van der Waals surface area (Å²) in [6, 6.07) is 13.2. The van der Waals surface area contributed by atoms with Crippen LogP contribution in [0.5, 0.6) is 17.2 Å². The van der Waals surface area contributed by atoms with Crippen LogP contribution < -0.4 is 19.5 Å². The summed E-state index contributed by atoms with van der Waals surface area (Å²) < 4.78 is 16.3. The molecule has 1 heterocycles. The molecule has 0 aliphatic carbocycles. The van der Waals surface area contributed by atoms with E-state index in [0.29, 0.717) is 28.9 Å². The number of nitrogens with one attached hydrogen (secondary N) is 1. The number of hydrogen-bond donors (Lipinski definition) is 1. The lowest BCUT2D eigenvalue weighted by Gasteiger charge is -2.09. The minimum atomic E-state index is -0.146. The zero-order chi connectivity index (χ0) is 19.9. The van der Waals surface area contributed by atoms with Gasteiger partial charge < -0.3 is 19.5 Å². The Bertz CT molecular complexity index is 955. The van der Waals surface area contributed by atoms with Crippen molar-refractivity contribution in [1.82, 2.24) is 4.98 Å². The van der Waals surface area contributed by atoms with Crippen molar-refractivity contribution in [1.29, 1.82) is 0 Å². The summed E-state index contributed by atoms with van der Waals surface area (Å²) in [5.74, 6) is 2.04. The first-order valence-corrected chi connectivity index (χ1v) is 9.65. The summed E-state index contributed by atoms with van der Waals surface area (Å²) in [6.07, 6.45) is 0.242. The molecule has 3 rings (SSSR count). The van der Waals surface area contributed by atoms with Crippen LogP contribution in [0.2, 0.25) is 0 Å². The van der Waals surface area contributed by atoms with Crippen LogP contribution in [0.25, 0.3) is 11.3 Å². The molecule has 0 radical (unpaired) electrons. The largest absolute Gasteiger partial charge is 0.497 e. The number of methoxy groups -OCH3 is 2. The average molecular weight is 398 g/mol. The van der Waals surface area contributed by atoms with Gasteiger partial charge in [-0.3, -0.25) is 4.79 Å². The summed E-state index contributed by atoms with van der Waals surface area (Å²) in [7, 11) is 3.21. The van der Waals surface area contributed by atoms with Gasteiger partial charge in [-0.1, -0.05) is 18.2 Å². The summed E-state index contributed by atoms with van der Waals surface area (Å²) in [5, 5.41) is 5.22. The third kappa shape index (κ3) is 4.80. The lowest BCUT2D eigenvalue weighted by Crippen LogP contribution is -2.15. The van der Waals surface area contributed by atoms with Crippen molar-refractivity contribution >= 4 is 22.4 Å². The SMILES string of the molecule is COc1ccc(OC)c(-c2csc(NC(=O)CCOc3ccccc3C)n2)c1. The molecule has 6 nitrogen and oxygen atoms in total. The van der Waals surface area contributed by atoms with E-state index in [1.54, 1.807) is 14.2 Å². The van der Waals surface area contributed by atoms with Crippen LogP contribution in [-0.2, 0) is 4.79 Å². The Morgan fingerprint density at radius 3 is 2.68 bits per heavy atom. The molecule has 7 heteroatoms. The first-order valence-electron chi connectivity index (χ1n) is 8.77. The van der Waals surface area contributed by atoms with E-state index in [9.17, 15) is 4.79 Å². The highest BCUT2D eigenvalue weighted by Gasteiger charge is 2.13. The van der Waals surface area contributed by atoms with Gasteiger partial charge in [-0.25, -0.2) is 4.98 Å². The molecule has 0 unspecified atom stereocenters. The van der Waals surface area contributed by atoms with Crippen molar-refractivity contribution in [3.8, 4) is 28.5 Å². The molecule has 1 amide bonds. The van der Waals surface area contributed by atoms with E-state index in [-0.39, 0.29) is 12.3 Å². The minimum absolute atomic E-state index is 0.146. The first kappa shape index (κ1) is 19.7. The number of anilines is 1. The number of ether oxygens (including phenoxy) is 3. The van der Waals surface area contributed by atoms with Crippen LogP contribution in [0.15, 0.2) is 47.8 Å². The molecule has 0 saturated heterocycles. The molecule has 28 heavy (non-hydrogen) atoms. The maximum absolute atomic E-state index is 12.2. The molecule has 0 bridgehead atoms. The predicted molar refractivity (Wildman–Crippen MR) is 111 cm³/mol. The van der Waals surface area contributed by atoms with Crippen LogP contribution in [0, 0.1) is 6.92 Å². The van der Waals surface area contributed by atoms with Gasteiger partial charge in [0, 0.05) is 10.9 Å². The molecule has 0 atom stereocenters. The fourth-order valence-corrected chi connectivity index (χ4v) is 3.35. The van der Waals surface area contributed by atoms with Gasteiger partial charge in [-0.15, -0.1) is 11.3 Å². The second kappa shape index (κ2) is 9.23. The maximum Gasteiger partial charge on any atom is 0.229 e. The molecule has 2 aromatic carbocycles. The van der Waals surface area contributed by atoms with Crippen molar-refractivity contribution in [2.45, 2.75) is 13.3 Å². The van der Waals surface area contributed by atoms with Crippen molar-refractivity contribution in [2.24, 2.45) is 0 Å². The van der Waals surface area contributed by atoms with Crippen molar-refractivity contribution in [2.75, 3.05) is 26.1 Å². The molecule has 0 saturated carbocycles. The molecule has 0 spiro atoms. The number of nitrogens with zero attached hydrogens (tertiary/aromatic N) is 1. The van der Waals surface area contributed by atoms with Crippen LogP contribution >= 0.6 is 11.3 Å². The molecule has 0 aliphatic rings. The maximum atomic E-state index is 12.2. The molecule has 1 aromatic heterocycles. The Labute approximate surface area is 168 Å². The molecule has 0 aliphatic heterocycles. The zero-order valence-electron chi connectivity index (χ0n) is 16.0. The van der Waals surface area contributed by atoms with Gasteiger partial charge in [-0.05, 0) is 36.8 Å². The highest BCUT2D eigenvalue weighted by Crippen LogP contribution is 2.35. The standard InChI is InChI=1S/C21H22N2O4S/c1-14-6-4-5-7-18(14)27-11-10-20(24)23-21-22-17(13-28-21)16-12-15(25-2)8-9-19(16)26-3/h4-9,12-13H,10-11H2,1-3H3,(H,22,23,24). The Kier molecular flexibility index (Phi) is 6.49. The predicted octanol–water partition coefficient (Wildman–Crippen LogP) is 4.54. The van der Waals surface area contributed by atoms with Gasteiger partial charge in [0.2, 0.25) is 5.91 Å². The van der Waals surface area contributed by atoms with Crippen LogP contribution in [0.4, 0.5) is 5.13 Å². The van der Waals surface area contributed by atoms with Gasteiger partial charge in [0.15, 0.2) is 5.13 Å². The lowest BCUT2D eigenvalue weighted by atomic mass is 10.1. The molecular formula is C21H22N2O4S. The summed E-state index contributed by atoms with van der Waals surface area (Å²) in [6.45, 7) is 2.28. The summed E-state index contributed by atoms with van der Waals surface area (Å²) >= 11 is 1.36. The number of carbonyl (C=O) groups is 1. The quantitative estimate of drug-likeness (QED) is 0.603. The minimum Gasteiger partial charge on any atom is -0.497 e. The normalized spacial score (nSPS) is 10.4. The van der Waals surface area contributed by atoms with Crippen LogP contribution in [0.3, 0.4) is 0 Å². The van der Waals surface area contributed by atoms with Crippen LogP contribution in [0.1, 0.15) is 12.0 Å². The average Bonchev–Trinajstić information content (AvgIpc) is 3.17. The van der Waals surface area contributed by atoms with Crippen molar-refractivity contribution in [3.05, 3.63) is 53.4 Å². The van der Waals surface area contributed by atoms with Gasteiger partial charge in [0.1, 0.15) is 17.2 Å². The third-order valence-electron chi connectivity index (χ3n) is 4.11. The van der Waals surface area contributed by atoms with Crippen molar-refractivity contribution < 1.29 is 19.0 Å². The van der Waals surface area contributed by atoms with Crippen LogP contribution in [-0.4, -0.2) is 31.7 Å². The highest BCUT2D eigenvalue weighted by molar-refractivity contribution is 7.14. The van der Waals surface area contributed by atoms with Gasteiger partial charge in [0.05, 0.1) is 32.9 Å². The Hall–Kier alpha value is -3.06. The summed E-state index contributed by atoms with van der Waals surface area (Å²) in [4.78, 5) is 16.7. The van der Waals surface area contributed by atoms with E-state index in [1.807, 2.05) is 54.8 Å². The van der Waals surface area contributed by atoms with Gasteiger partial charge >= 0.3 is 0 Å². The fraction of sp³-hybridized carbons (Fsp3) is 0.238. The fourth-order valence-electron chi connectivity index (χ4n) is 2.62. The van der Waals surface area contributed by atoms with E-state index < -0.39 is 0 Å². The molecule has 3 aromatic rings. The Morgan fingerprint density at radius 2 is 1.93 bits per heavy atom. The number of rotatable bonds is 8. The number of carbonyl (C=O) groups excluding carboxylic acids is 1. The van der Waals surface area contributed by atoms with E-state index >= 15 is 0 Å². The molecule has 0 fully saturated rings. The van der Waals surface area contributed by atoms with Crippen molar-refractivity contribution in [3.63, 3.8) is 0 Å². The monoisotopic (exact) mass is 398 g/mol. The lowest BCUT2D eigenvalue weighted by molar-refractivity contribution is -0.116. The number of amides is 1. The van der Waals surface area contributed by atoms with E-state index in [4.69, 9.17) is 14.2 Å². The number of aryl methyl sites for hydroxylation is 1. The number of benzene rings is 2. The van der Waals surface area contributed by atoms with Gasteiger partial charge in [0.25, 0.3) is 0 Å². The van der Waals surface area contributed by atoms with E-state index in [1.165, 1.54) is 11.3 Å². The zero-order valence-corrected chi connectivity index (χ0v) is 16.8. The van der Waals surface area contributed by atoms with E-state index in [0.717, 1.165) is 16.9 Å². The number of aromatic nitrogens is 1. The summed E-state index contributed by atoms with van der Waals surface area (Å²) in [5.41, 5.74) is 2.56. The van der Waals surface area contributed by atoms with Gasteiger partial charge in [-0.2, -0.15) is 0 Å². The Balaban J connectivity index is 1.60. The highest BCUT2D eigenvalue weighted by atomic mass is 32.1. The first-order chi connectivity index (χ1) is 13.6. The molecular weight excluding hydrogens is 376 g/mol.